The fraction of sp³-hybridized carbons (Fsp3) is 0.625. The number of ether oxygens (including phenoxy) is 1. The molecule has 2 rings (SSSR count). The maximum Gasteiger partial charge on any atom is 0.133 e. The van der Waals surface area contributed by atoms with E-state index in [9.17, 15) is 8.78 Å². The molecule has 0 spiro atoms. The van der Waals surface area contributed by atoms with Gasteiger partial charge >= 0.3 is 0 Å². The van der Waals surface area contributed by atoms with Gasteiger partial charge in [-0.25, -0.2) is 14.2 Å². The fourth-order valence-corrected chi connectivity index (χ4v) is 3.38. The Morgan fingerprint density at radius 3 is 2.33 bits per heavy atom. The zero-order chi connectivity index (χ0) is 15.5. The number of aryl methyl sites for hydroxylation is 1. The zero-order valence-corrected chi connectivity index (χ0v) is 12.7. The van der Waals surface area contributed by atoms with Crippen molar-refractivity contribution in [1.82, 2.24) is 5.43 Å². The van der Waals surface area contributed by atoms with Crippen LogP contribution in [0.2, 0.25) is 0 Å². The molecule has 1 aromatic rings. The maximum absolute atomic E-state index is 14.5. The summed E-state index contributed by atoms with van der Waals surface area (Å²) in [5.41, 5.74) is 2.34. The molecule has 1 saturated carbocycles. The van der Waals surface area contributed by atoms with Crippen LogP contribution in [0.25, 0.3) is 0 Å². The second-order valence-electron chi connectivity index (χ2n) is 5.87. The Kier molecular flexibility index (Phi) is 5.30. The van der Waals surface area contributed by atoms with E-state index in [0.29, 0.717) is 5.56 Å². The average Bonchev–Trinajstić information content (AvgIpc) is 2.74. The molecule has 118 valence electrons. The van der Waals surface area contributed by atoms with Crippen LogP contribution in [0.4, 0.5) is 8.78 Å². The van der Waals surface area contributed by atoms with E-state index in [0.717, 1.165) is 38.5 Å². The molecule has 1 unspecified atom stereocenters. The summed E-state index contributed by atoms with van der Waals surface area (Å²) in [5, 5.41) is 0. The van der Waals surface area contributed by atoms with Gasteiger partial charge < -0.3 is 4.74 Å². The standard InChI is InChI=1S/C16H24F2N2O/c1-11-7-8-12(17)13(14(11)18)15(20-19)16(21-2)9-5-3-4-6-10-16/h7-8,15,20H,3-6,9-10,19H2,1-2H3. The van der Waals surface area contributed by atoms with Crippen LogP contribution in [0, 0.1) is 18.6 Å². The molecule has 0 radical (unpaired) electrons. The lowest BCUT2D eigenvalue weighted by Gasteiger charge is -2.39. The molecule has 0 amide bonds. The number of benzene rings is 1. The van der Waals surface area contributed by atoms with Crippen LogP contribution in [-0.2, 0) is 4.74 Å². The van der Waals surface area contributed by atoms with Gasteiger partial charge in [0.2, 0.25) is 0 Å². The minimum absolute atomic E-state index is 0.0127. The van der Waals surface area contributed by atoms with E-state index in [-0.39, 0.29) is 5.56 Å². The predicted octanol–water partition coefficient (Wildman–Crippen LogP) is 3.52. The first-order valence-electron chi connectivity index (χ1n) is 7.51. The van der Waals surface area contributed by atoms with Gasteiger partial charge in [-0.15, -0.1) is 0 Å². The second kappa shape index (κ2) is 6.81. The van der Waals surface area contributed by atoms with Gasteiger partial charge in [0.05, 0.1) is 11.6 Å². The first-order valence-corrected chi connectivity index (χ1v) is 7.51. The van der Waals surface area contributed by atoms with Crippen LogP contribution < -0.4 is 11.3 Å². The lowest BCUT2D eigenvalue weighted by atomic mass is 9.81. The molecule has 1 aliphatic carbocycles. The van der Waals surface area contributed by atoms with Crippen molar-refractivity contribution in [1.29, 1.82) is 0 Å². The summed E-state index contributed by atoms with van der Waals surface area (Å²) in [6.07, 6.45) is 5.65. The Morgan fingerprint density at radius 1 is 1.19 bits per heavy atom. The predicted molar refractivity (Wildman–Crippen MR) is 78.6 cm³/mol. The van der Waals surface area contributed by atoms with Gasteiger partial charge in [-0.05, 0) is 31.4 Å². The van der Waals surface area contributed by atoms with E-state index in [4.69, 9.17) is 10.6 Å². The van der Waals surface area contributed by atoms with E-state index in [1.807, 2.05) is 0 Å². The number of methoxy groups -OCH3 is 1. The molecule has 0 aliphatic heterocycles. The Morgan fingerprint density at radius 2 is 1.81 bits per heavy atom. The lowest BCUT2D eigenvalue weighted by molar-refractivity contribution is -0.0557. The average molecular weight is 298 g/mol. The first-order chi connectivity index (χ1) is 10.1. The van der Waals surface area contributed by atoms with Gasteiger partial charge in [0, 0.05) is 12.7 Å². The van der Waals surface area contributed by atoms with Gasteiger partial charge in [0.1, 0.15) is 11.6 Å². The van der Waals surface area contributed by atoms with E-state index in [1.54, 1.807) is 14.0 Å². The molecule has 0 bridgehead atoms. The maximum atomic E-state index is 14.5. The molecular weight excluding hydrogens is 274 g/mol. The third-order valence-corrected chi connectivity index (χ3v) is 4.66. The number of halogens is 2. The molecule has 3 nitrogen and oxygen atoms in total. The number of hydrogen-bond donors (Lipinski definition) is 2. The molecular formula is C16H24F2N2O. The Bertz CT molecular complexity index is 485. The van der Waals surface area contributed by atoms with Crippen LogP contribution >= 0.6 is 0 Å². The first kappa shape index (κ1) is 16.3. The highest BCUT2D eigenvalue weighted by molar-refractivity contribution is 5.31. The molecule has 0 aromatic heterocycles. The largest absolute Gasteiger partial charge is 0.376 e. The molecule has 1 fully saturated rings. The van der Waals surface area contributed by atoms with Crippen molar-refractivity contribution < 1.29 is 13.5 Å². The highest BCUT2D eigenvalue weighted by atomic mass is 19.1. The zero-order valence-electron chi connectivity index (χ0n) is 12.7. The van der Waals surface area contributed by atoms with Crippen molar-refractivity contribution in [2.24, 2.45) is 5.84 Å². The van der Waals surface area contributed by atoms with Gasteiger partial charge in [-0.1, -0.05) is 31.7 Å². The normalized spacial score (nSPS) is 20.0. The van der Waals surface area contributed by atoms with Gasteiger partial charge in [0.25, 0.3) is 0 Å². The van der Waals surface area contributed by atoms with E-state index < -0.39 is 23.3 Å². The summed E-state index contributed by atoms with van der Waals surface area (Å²) >= 11 is 0. The summed E-state index contributed by atoms with van der Waals surface area (Å²) in [6, 6.07) is 2.03. The fourth-order valence-electron chi connectivity index (χ4n) is 3.38. The minimum atomic E-state index is -0.694. The Hall–Kier alpha value is -1.04. The van der Waals surface area contributed by atoms with Crippen LogP contribution in [0.3, 0.4) is 0 Å². The summed E-state index contributed by atoms with van der Waals surface area (Å²) in [7, 11) is 1.60. The molecule has 1 atom stereocenters. The molecule has 21 heavy (non-hydrogen) atoms. The lowest BCUT2D eigenvalue weighted by Crippen LogP contribution is -2.48. The summed E-state index contributed by atoms with van der Waals surface area (Å²) < 4.78 is 34.5. The molecule has 5 heteroatoms. The highest BCUT2D eigenvalue weighted by Crippen LogP contribution is 2.41. The van der Waals surface area contributed by atoms with Crippen LogP contribution in [0.5, 0.6) is 0 Å². The van der Waals surface area contributed by atoms with Crippen molar-refractivity contribution >= 4 is 0 Å². The van der Waals surface area contributed by atoms with Gasteiger partial charge in [0.15, 0.2) is 0 Å². The van der Waals surface area contributed by atoms with E-state index in [2.05, 4.69) is 5.43 Å². The van der Waals surface area contributed by atoms with E-state index in [1.165, 1.54) is 12.1 Å². The number of hydrazine groups is 1. The van der Waals surface area contributed by atoms with Crippen molar-refractivity contribution in [2.75, 3.05) is 7.11 Å². The van der Waals surface area contributed by atoms with Gasteiger partial charge in [-0.2, -0.15) is 0 Å². The molecule has 3 N–H and O–H groups in total. The SMILES string of the molecule is COC1(C(NN)c2c(F)ccc(C)c2F)CCCCCC1. The summed E-state index contributed by atoms with van der Waals surface area (Å²) in [5.74, 6) is 4.55. The third-order valence-electron chi connectivity index (χ3n) is 4.66. The van der Waals surface area contributed by atoms with Crippen LogP contribution in [0.15, 0.2) is 12.1 Å². The third kappa shape index (κ3) is 3.10. The van der Waals surface area contributed by atoms with Crippen LogP contribution in [0.1, 0.15) is 55.7 Å². The number of nitrogens with two attached hydrogens (primary N) is 1. The molecule has 0 saturated heterocycles. The molecule has 1 aliphatic rings. The molecule has 0 heterocycles. The van der Waals surface area contributed by atoms with E-state index >= 15 is 0 Å². The van der Waals surface area contributed by atoms with Crippen molar-refractivity contribution in [3.05, 3.63) is 34.9 Å². The quantitative estimate of drug-likeness (QED) is 0.508. The highest BCUT2D eigenvalue weighted by Gasteiger charge is 2.42. The topological polar surface area (TPSA) is 47.3 Å². The van der Waals surface area contributed by atoms with Crippen molar-refractivity contribution in [3.63, 3.8) is 0 Å². The minimum Gasteiger partial charge on any atom is -0.376 e. The van der Waals surface area contributed by atoms with Crippen molar-refractivity contribution in [2.45, 2.75) is 57.1 Å². The summed E-state index contributed by atoms with van der Waals surface area (Å²) in [4.78, 5) is 0. The monoisotopic (exact) mass is 298 g/mol. The number of rotatable bonds is 4. The van der Waals surface area contributed by atoms with Crippen molar-refractivity contribution in [3.8, 4) is 0 Å². The smallest absolute Gasteiger partial charge is 0.133 e. The Balaban J connectivity index is 2.49. The van der Waals surface area contributed by atoms with Gasteiger partial charge in [-0.3, -0.25) is 5.84 Å². The summed E-state index contributed by atoms with van der Waals surface area (Å²) in [6.45, 7) is 1.62. The molecule has 1 aromatic carbocycles. The second-order valence-corrected chi connectivity index (χ2v) is 5.87. The number of nitrogens with one attached hydrogen (secondary N) is 1. The number of hydrogen-bond acceptors (Lipinski definition) is 3. The van der Waals surface area contributed by atoms with Crippen LogP contribution in [-0.4, -0.2) is 12.7 Å². The Labute approximate surface area is 124 Å².